The van der Waals surface area contributed by atoms with E-state index < -0.39 is 0 Å². The number of hydrogen-bond donors (Lipinski definition) is 0. The lowest BCUT2D eigenvalue weighted by molar-refractivity contribution is 0.663. The van der Waals surface area contributed by atoms with Crippen LogP contribution in [0.1, 0.15) is 42.8 Å². The quantitative estimate of drug-likeness (QED) is 0.183. The number of benzene rings is 5. The lowest BCUT2D eigenvalue weighted by Gasteiger charge is -2.23. The van der Waals surface area contributed by atoms with Gasteiger partial charge in [-0.05, 0) is 72.0 Å². The molecule has 226 valence electrons. The van der Waals surface area contributed by atoms with Gasteiger partial charge in [0.2, 0.25) is 5.95 Å². The largest absolute Gasteiger partial charge is 0.309 e. The molecule has 5 aromatic carbocycles. The number of rotatable bonds is 5. The van der Waals surface area contributed by atoms with Crippen molar-refractivity contribution in [3.05, 3.63) is 150 Å². The summed E-state index contributed by atoms with van der Waals surface area (Å²) in [5, 5.41) is 4.90. The lowest BCUT2D eigenvalue weighted by Crippen LogP contribution is -2.17. The number of aryl methyl sites for hydroxylation is 1. The summed E-state index contributed by atoms with van der Waals surface area (Å²) in [6.07, 6.45) is 6.86. The van der Waals surface area contributed by atoms with Crippen LogP contribution < -0.4 is 0 Å². The molecule has 1 aliphatic rings. The minimum atomic E-state index is -0.205. The molecule has 3 aromatic heterocycles. The van der Waals surface area contributed by atoms with E-state index in [1.54, 1.807) is 0 Å². The number of fused-ring (bicyclic) bond motifs is 10. The van der Waals surface area contributed by atoms with Gasteiger partial charge in [-0.1, -0.05) is 105 Å². The molecule has 9 rings (SSSR count). The van der Waals surface area contributed by atoms with E-state index in [0.29, 0.717) is 5.95 Å². The van der Waals surface area contributed by atoms with Crippen LogP contribution in [-0.2, 0) is 5.41 Å². The molecule has 4 heteroatoms. The Hall–Kier alpha value is -5.74. The van der Waals surface area contributed by atoms with Crippen LogP contribution in [-0.4, -0.2) is 19.1 Å². The van der Waals surface area contributed by atoms with Gasteiger partial charge in [0.1, 0.15) is 0 Å². The maximum atomic E-state index is 5.19. The first kappa shape index (κ1) is 27.6. The van der Waals surface area contributed by atoms with Gasteiger partial charge in [-0.15, -0.1) is 6.58 Å². The molecule has 0 atom stereocenters. The maximum Gasteiger partial charge on any atom is 0.235 e. The van der Waals surface area contributed by atoms with E-state index in [2.05, 4.69) is 152 Å². The van der Waals surface area contributed by atoms with Crippen molar-refractivity contribution in [2.75, 3.05) is 0 Å². The van der Waals surface area contributed by atoms with Crippen molar-refractivity contribution >= 4 is 49.7 Å². The highest BCUT2D eigenvalue weighted by Crippen LogP contribution is 2.53. The molecule has 0 amide bonds. The molecule has 47 heavy (non-hydrogen) atoms. The average molecular weight is 607 g/mol. The number of nitrogens with zero attached hydrogens (tertiary/aromatic N) is 4. The van der Waals surface area contributed by atoms with E-state index in [9.17, 15) is 0 Å². The molecule has 0 radical (unpaired) electrons. The molecule has 8 aromatic rings. The normalized spacial score (nSPS) is 13.7. The Kier molecular flexibility index (Phi) is 5.94. The van der Waals surface area contributed by atoms with Gasteiger partial charge in [-0.25, -0.2) is 9.97 Å². The second kappa shape index (κ2) is 10.1. The predicted molar refractivity (Wildman–Crippen MR) is 197 cm³/mol. The van der Waals surface area contributed by atoms with Gasteiger partial charge >= 0.3 is 0 Å². The fourth-order valence-corrected chi connectivity index (χ4v) is 7.94. The number of hydrogen-bond acceptors (Lipinski definition) is 2. The summed E-state index contributed by atoms with van der Waals surface area (Å²) < 4.78 is 4.71. The monoisotopic (exact) mass is 606 g/mol. The molecule has 3 heterocycles. The van der Waals surface area contributed by atoms with E-state index in [1.807, 2.05) is 12.1 Å². The highest BCUT2D eigenvalue weighted by atomic mass is 15.2. The molecule has 1 aliphatic carbocycles. The summed E-state index contributed by atoms with van der Waals surface area (Å²) in [5.74, 6) is 0.683. The van der Waals surface area contributed by atoms with E-state index in [-0.39, 0.29) is 5.41 Å². The first-order valence-electron chi connectivity index (χ1n) is 16.3. The zero-order valence-corrected chi connectivity index (χ0v) is 26.8. The van der Waals surface area contributed by atoms with Crippen molar-refractivity contribution in [3.8, 4) is 22.8 Å². The third kappa shape index (κ3) is 3.94. The second-order valence-corrected chi connectivity index (χ2v) is 13.1. The number of para-hydroxylation sites is 2. The Morgan fingerprint density at radius 1 is 0.681 bits per heavy atom. The van der Waals surface area contributed by atoms with Gasteiger partial charge in [-0.3, -0.25) is 4.57 Å². The van der Waals surface area contributed by atoms with E-state index in [0.717, 1.165) is 29.0 Å². The van der Waals surface area contributed by atoms with Crippen LogP contribution in [0.3, 0.4) is 0 Å². The zero-order valence-electron chi connectivity index (χ0n) is 26.8. The van der Waals surface area contributed by atoms with Crippen LogP contribution in [0.5, 0.6) is 0 Å². The molecule has 4 nitrogen and oxygen atoms in total. The first-order valence-corrected chi connectivity index (χ1v) is 16.3. The highest BCUT2D eigenvalue weighted by Gasteiger charge is 2.38. The fraction of sp³-hybridized carbons (Fsp3) is 0.116. The highest BCUT2D eigenvalue weighted by molar-refractivity contribution is 6.14. The summed E-state index contributed by atoms with van der Waals surface area (Å²) in [6.45, 7) is 10.6. The van der Waals surface area contributed by atoms with Crippen LogP contribution in [0, 0.1) is 6.92 Å². The Labute approximate surface area is 274 Å². The summed E-state index contributed by atoms with van der Waals surface area (Å²) in [5.41, 5.74) is 12.6. The van der Waals surface area contributed by atoms with Gasteiger partial charge in [0.15, 0.2) is 0 Å². The molecule has 0 N–H and O–H groups in total. The molecule has 0 unspecified atom stereocenters. The lowest BCUT2D eigenvalue weighted by atomic mass is 9.81. The van der Waals surface area contributed by atoms with Crippen LogP contribution in [0.25, 0.3) is 72.5 Å². The van der Waals surface area contributed by atoms with Crippen LogP contribution >= 0.6 is 0 Å². The fourth-order valence-electron chi connectivity index (χ4n) is 7.94. The van der Waals surface area contributed by atoms with Crippen LogP contribution in [0.15, 0.2) is 128 Å². The molecular formula is C43H34N4. The van der Waals surface area contributed by atoms with E-state index >= 15 is 0 Å². The maximum absolute atomic E-state index is 5.19. The number of allylic oxidation sites excluding steroid dienone is 2. The minimum Gasteiger partial charge on any atom is -0.309 e. The standard InChI is InChI=1S/C43H34N4/c1-5-6-7-14-28-25-27(2)44-42(45-28)47-39-26-29(46-37-19-12-9-16-31(37)32-17-10-13-20-38(32)46)21-22-33(39)35-24-23-34-30-15-8-11-18-36(30)43(3,4)40(34)41(35)47/h5,7-26H,1,6H2,2-4H3/b14-7+. The molecule has 0 fully saturated rings. The minimum absolute atomic E-state index is 0.205. The second-order valence-electron chi connectivity index (χ2n) is 13.1. The Morgan fingerprint density at radius 3 is 2.13 bits per heavy atom. The van der Waals surface area contributed by atoms with Crippen LogP contribution in [0.2, 0.25) is 0 Å². The smallest absolute Gasteiger partial charge is 0.235 e. The predicted octanol–water partition coefficient (Wildman–Crippen LogP) is 10.9. The van der Waals surface area contributed by atoms with E-state index in [1.165, 1.54) is 60.3 Å². The SMILES string of the molecule is C=CC/C=C/c1cc(C)nc(-n2c3cc(-n4c5ccccc5c5ccccc54)ccc3c3ccc4c(c32)C(C)(C)c2ccccc2-4)n1. The van der Waals surface area contributed by atoms with Crippen molar-refractivity contribution in [2.45, 2.75) is 32.6 Å². The Morgan fingerprint density at radius 2 is 1.36 bits per heavy atom. The number of aromatic nitrogens is 4. The van der Waals surface area contributed by atoms with Crippen molar-refractivity contribution in [2.24, 2.45) is 0 Å². The molecule has 0 saturated carbocycles. The third-order valence-corrected chi connectivity index (χ3v) is 9.92. The molecule has 0 aliphatic heterocycles. The Bertz CT molecular complexity index is 2560. The van der Waals surface area contributed by atoms with Crippen molar-refractivity contribution in [3.63, 3.8) is 0 Å². The Balaban J connectivity index is 1.41. The summed E-state index contributed by atoms with van der Waals surface area (Å²) in [4.78, 5) is 10.3. The first-order chi connectivity index (χ1) is 23.0. The molecule has 0 spiro atoms. The summed E-state index contributed by atoms with van der Waals surface area (Å²) in [6, 6.07) is 39.7. The molecular weight excluding hydrogens is 573 g/mol. The third-order valence-electron chi connectivity index (χ3n) is 9.92. The van der Waals surface area contributed by atoms with Crippen molar-refractivity contribution < 1.29 is 0 Å². The molecule has 0 saturated heterocycles. The molecule has 0 bridgehead atoms. The van der Waals surface area contributed by atoms with Gasteiger partial charge in [0.05, 0.1) is 27.8 Å². The van der Waals surface area contributed by atoms with Gasteiger partial charge in [0.25, 0.3) is 0 Å². The summed E-state index contributed by atoms with van der Waals surface area (Å²) in [7, 11) is 0. The van der Waals surface area contributed by atoms with Crippen molar-refractivity contribution in [1.29, 1.82) is 0 Å². The van der Waals surface area contributed by atoms with Gasteiger partial charge in [-0.2, -0.15) is 0 Å². The zero-order chi connectivity index (χ0) is 31.9. The van der Waals surface area contributed by atoms with Gasteiger partial charge < -0.3 is 4.57 Å². The van der Waals surface area contributed by atoms with Gasteiger partial charge in [0, 0.05) is 38.3 Å². The van der Waals surface area contributed by atoms with Crippen LogP contribution in [0.4, 0.5) is 0 Å². The van der Waals surface area contributed by atoms with E-state index in [4.69, 9.17) is 9.97 Å². The summed E-state index contributed by atoms with van der Waals surface area (Å²) >= 11 is 0. The topological polar surface area (TPSA) is 35.6 Å². The van der Waals surface area contributed by atoms with Crippen molar-refractivity contribution in [1.82, 2.24) is 19.1 Å². The average Bonchev–Trinajstić information content (AvgIpc) is 3.68.